The van der Waals surface area contributed by atoms with Crippen LogP contribution < -0.4 is 10.6 Å². The van der Waals surface area contributed by atoms with Gasteiger partial charge in [0.2, 0.25) is 0 Å². The van der Waals surface area contributed by atoms with Crippen molar-refractivity contribution in [2.75, 3.05) is 51.9 Å². The van der Waals surface area contributed by atoms with Crippen molar-refractivity contribution in [3.63, 3.8) is 0 Å². The number of anilines is 1. The van der Waals surface area contributed by atoms with E-state index in [-0.39, 0.29) is 24.3 Å². The molecule has 1 amide bonds. The van der Waals surface area contributed by atoms with E-state index < -0.39 is 0 Å². The molecule has 2 N–H and O–H groups in total. The number of aliphatic imine (C=N–C) groups is 1. The van der Waals surface area contributed by atoms with Gasteiger partial charge >= 0.3 is 0 Å². The van der Waals surface area contributed by atoms with Gasteiger partial charge in [-0.2, -0.15) is 0 Å². The highest BCUT2D eigenvalue weighted by molar-refractivity contribution is 6.04. The topological polar surface area (TPSA) is 91.3 Å². The maximum Gasteiger partial charge on any atom is 0.251 e. The summed E-state index contributed by atoms with van der Waals surface area (Å²) in [5.74, 6) is 1.64. The molecule has 1 unspecified atom stereocenters. The Kier molecular flexibility index (Phi) is 6.49. The predicted molar refractivity (Wildman–Crippen MR) is 131 cm³/mol. The largest absolute Gasteiger partial charge is 0.379 e. The first-order valence-corrected chi connectivity index (χ1v) is 11.9. The van der Waals surface area contributed by atoms with E-state index in [2.05, 4.69) is 40.3 Å². The number of fused-ring (bicyclic) bond motifs is 1. The number of hydrogen-bond donors (Lipinski definition) is 2. The van der Waals surface area contributed by atoms with Gasteiger partial charge in [-0.3, -0.25) is 9.69 Å². The van der Waals surface area contributed by atoms with E-state index in [4.69, 9.17) is 19.5 Å². The summed E-state index contributed by atoms with van der Waals surface area (Å²) in [6.45, 7) is 8.66. The third-order valence-corrected chi connectivity index (χ3v) is 6.67. The molecule has 1 aromatic heterocycles. The van der Waals surface area contributed by atoms with Crippen LogP contribution in [-0.4, -0.2) is 91.5 Å². The molecular formula is C25H32N6O3. The number of benzene rings is 1. The molecule has 2 aromatic rings. The zero-order chi connectivity index (χ0) is 23.7. The van der Waals surface area contributed by atoms with E-state index in [1.807, 2.05) is 24.3 Å². The van der Waals surface area contributed by atoms with Gasteiger partial charge in [0, 0.05) is 37.3 Å². The Morgan fingerprint density at radius 3 is 2.65 bits per heavy atom. The molecule has 0 spiro atoms. The Morgan fingerprint density at radius 1 is 1.09 bits per heavy atom. The lowest BCUT2D eigenvalue weighted by Crippen LogP contribution is -2.55. The highest BCUT2D eigenvalue weighted by Crippen LogP contribution is 2.30. The third-order valence-electron chi connectivity index (χ3n) is 6.67. The van der Waals surface area contributed by atoms with Gasteiger partial charge in [-0.05, 0) is 38.1 Å². The average Bonchev–Trinajstić information content (AvgIpc) is 2.88. The van der Waals surface area contributed by atoms with Crippen LogP contribution in [0.25, 0.3) is 11.3 Å². The lowest BCUT2D eigenvalue weighted by molar-refractivity contribution is -0.0159. The standard InChI is InChI=1S/C25H32N6O3/c1-16-14-33-11-9-30(16)23-20-7-8-21(18-5-4-6-19(13-18)24(32)26-3)27-22(20)28-25(29-23)31-10-12-34-15-17(31)2/h4-8,13,16-17,25H,9-12,14-15H2,1-3H3,(H,26,32)(H,27,28)/t16-,17-,25?/m0/s1. The van der Waals surface area contributed by atoms with Crippen molar-refractivity contribution in [2.24, 2.45) is 4.99 Å². The van der Waals surface area contributed by atoms with Crippen molar-refractivity contribution < 1.29 is 14.3 Å². The van der Waals surface area contributed by atoms with E-state index >= 15 is 0 Å². The maximum atomic E-state index is 12.1. The molecule has 5 rings (SSSR count). The number of morpholine rings is 2. The first-order chi connectivity index (χ1) is 16.5. The van der Waals surface area contributed by atoms with Crippen LogP contribution in [-0.2, 0) is 9.47 Å². The number of hydrogen-bond acceptors (Lipinski definition) is 8. The maximum absolute atomic E-state index is 12.1. The van der Waals surface area contributed by atoms with Crippen LogP contribution in [0.2, 0.25) is 0 Å². The van der Waals surface area contributed by atoms with Gasteiger partial charge < -0.3 is 25.0 Å². The molecule has 3 aliphatic rings. The first kappa shape index (κ1) is 22.8. The number of nitrogens with zero attached hydrogens (tertiary/aromatic N) is 4. The zero-order valence-corrected chi connectivity index (χ0v) is 20.0. The summed E-state index contributed by atoms with van der Waals surface area (Å²) in [5.41, 5.74) is 3.29. The number of pyridine rings is 1. The van der Waals surface area contributed by atoms with Gasteiger partial charge in [-0.25, -0.2) is 9.98 Å². The summed E-state index contributed by atoms with van der Waals surface area (Å²) in [7, 11) is 1.64. The fraction of sp³-hybridized carbons (Fsp3) is 0.480. The molecule has 0 radical (unpaired) electrons. The smallest absolute Gasteiger partial charge is 0.251 e. The van der Waals surface area contributed by atoms with E-state index in [1.54, 1.807) is 13.1 Å². The summed E-state index contributed by atoms with van der Waals surface area (Å²) in [5, 5.41) is 6.26. The van der Waals surface area contributed by atoms with Crippen molar-refractivity contribution in [3.05, 3.63) is 47.5 Å². The monoisotopic (exact) mass is 464 g/mol. The molecule has 9 nitrogen and oxygen atoms in total. The Labute approximate surface area is 200 Å². The van der Waals surface area contributed by atoms with Crippen LogP contribution in [0.5, 0.6) is 0 Å². The molecule has 2 fully saturated rings. The first-order valence-electron chi connectivity index (χ1n) is 11.9. The Bertz CT molecular complexity index is 1090. The van der Waals surface area contributed by atoms with Gasteiger partial charge in [0.25, 0.3) is 5.91 Å². The third kappa shape index (κ3) is 4.38. The van der Waals surface area contributed by atoms with E-state index in [0.717, 1.165) is 41.6 Å². The number of aromatic nitrogens is 1. The van der Waals surface area contributed by atoms with Gasteiger partial charge in [-0.15, -0.1) is 0 Å². The minimum atomic E-state index is -0.226. The molecule has 2 saturated heterocycles. The van der Waals surface area contributed by atoms with E-state index in [9.17, 15) is 4.79 Å². The lowest BCUT2D eigenvalue weighted by atomic mass is 10.0. The van der Waals surface area contributed by atoms with E-state index in [0.29, 0.717) is 32.0 Å². The lowest BCUT2D eigenvalue weighted by Gasteiger charge is -2.43. The summed E-state index contributed by atoms with van der Waals surface area (Å²) in [6, 6.07) is 12.1. The highest BCUT2D eigenvalue weighted by Gasteiger charge is 2.34. The Balaban J connectivity index is 1.54. The van der Waals surface area contributed by atoms with Crippen LogP contribution >= 0.6 is 0 Å². The minimum absolute atomic E-state index is 0.116. The molecule has 1 aromatic carbocycles. The summed E-state index contributed by atoms with van der Waals surface area (Å²) < 4.78 is 11.3. The summed E-state index contributed by atoms with van der Waals surface area (Å²) >= 11 is 0. The predicted octanol–water partition coefficient (Wildman–Crippen LogP) is 2.01. The van der Waals surface area contributed by atoms with Gasteiger partial charge in [0.1, 0.15) is 11.7 Å². The SMILES string of the molecule is CNC(=O)c1cccc(-c2ccc3c(n2)NC(N2CCOC[C@@H]2C)N=C3N2CCOC[C@@H]2C)c1. The second kappa shape index (κ2) is 9.69. The second-order valence-electron chi connectivity index (χ2n) is 9.00. The van der Waals surface area contributed by atoms with Crippen molar-refractivity contribution in [2.45, 2.75) is 32.2 Å². The zero-order valence-electron chi connectivity index (χ0n) is 20.0. The molecular weight excluding hydrogens is 432 g/mol. The van der Waals surface area contributed by atoms with E-state index in [1.165, 1.54) is 0 Å². The van der Waals surface area contributed by atoms with Crippen LogP contribution in [0.3, 0.4) is 0 Å². The highest BCUT2D eigenvalue weighted by atomic mass is 16.5. The molecule has 180 valence electrons. The Hall–Kier alpha value is -3.01. The number of rotatable bonds is 3. The quantitative estimate of drug-likeness (QED) is 0.718. The fourth-order valence-corrected chi connectivity index (χ4v) is 4.75. The van der Waals surface area contributed by atoms with Crippen LogP contribution in [0, 0.1) is 0 Å². The number of ether oxygens (including phenoxy) is 2. The van der Waals surface area contributed by atoms with Crippen molar-refractivity contribution in [1.29, 1.82) is 0 Å². The summed E-state index contributed by atoms with van der Waals surface area (Å²) in [6.07, 6.45) is -0.226. The fourth-order valence-electron chi connectivity index (χ4n) is 4.75. The normalized spacial score (nSPS) is 25.2. The number of nitrogens with one attached hydrogen (secondary N) is 2. The number of carbonyl (C=O) groups is 1. The molecule has 4 heterocycles. The molecule has 0 aliphatic carbocycles. The number of carbonyl (C=O) groups excluding carboxylic acids is 1. The summed E-state index contributed by atoms with van der Waals surface area (Å²) in [4.78, 5) is 27.0. The minimum Gasteiger partial charge on any atom is -0.379 e. The molecule has 34 heavy (non-hydrogen) atoms. The molecule has 0 bridgehead atoms. The number of amidine groups is 1. The second-order valence-corrected chi connectivity index (χ2v) is 9.00. The molecule has 0 saturated carbocycles. The van der Waals surface area contributed by atoms with Gasteiger partial charge in [0.05, 0.1) is 43.7 Å². The molecule has 3 aliphatic heterocycles. The van der Waals surface area contributed by atoms with Crippen LogP contribution in [0.1, 0.15) is 29.8 Å². The van der Waals surface area contributed by atoms with Gasteiger partial charge in [0.15, 0.2) is 6.29 Å². The Morgan fingerprint density at radius 2 is 1.88 bits per heavy atom. The molecule has 9 heteroatoms. The van der Waals surface area contributed by atoms with Crippen LogP contribution in [0.15, 0.2) is 41.4 Å². The number of amides is 1. The van der Waals surface area contributed by atoms with Crippen molar-refractivity contribution >= 4 is 17.6 Å². The molecule has 3 atom stereocenters. The van der Waals surface area contributed by atoms with Gasteiger partial charge in [-0.1, -0.05) is 12.1 Å². The van der Waals surface area contributed by atoms with Crippen LogP contribution in [0.4, 0.5) is 5.82 Å². The van der Waals surface area contributed by atoms with Crippen molar-refractivity contribution in [1.82, 2.24) is 20.1 Å². The average molecular weight is 465 g/mol. The van der Waals surface area contributed by atoms with Crippen molar-refractivity contribution in [3.8, 4) is 11.3 Å².